The van der Waals surface area contributed by atoms with E-state index in [1.807, 2.05) is 0 Å². The molecule has 0 unspecified atom stereocenters. The summed E-state index contributed by atoms with van der Waals surface area (Å²) in [6.07, 6.45) is 2.81. The molecule has 1 aliphatic carbocycles. The number of amidine groups is 1. The molecule has 0 saturated heterocycles. The van der Waals surface area contributed by atoms with Gasteiger partial charge >= 0.3 is 0 Å². The molecular weight excluding hydrogens is 184 g/mol. The zero-order chi connectivity index (χ0) is 10.4. The van der Waals surface area contributed by atoms with Crippen LogP contribution in [0.3, 0.4) is 0 Å². The van der Waals surface area contributed by atoms with Crippen LogP contribution < -0.4 is 5.73 Å². The summed E-state index contributed by atoms with van der Waals surface area (Å²) in [5.74, 6) is 0.290. The Morgan fingerprint density at radius 1 is 1.50 bits per heavy atom. The van der Waals surface area contributed by atoms with Crippen molar-refractivity contribution in [2.75, 3.05) is 26.9 Å². The predicted octanol–water partition coefficient (Wildman–Crippen LogP) is 0.566. The Bertz CT molecular complexity index is 202. The van der Waals surface area contributed by atoms with Gasteiger partial charge in [0.05, 0.1) is 19.8 Å². The van der Waals surface area contributed by atoms with Crippen molar-refractivity contribution in [1.82, 2.24) is 0 Å². The van der Waals surface area contributed by atoms with Crippen LogP contribution in [-0.2, 0) is 9.47 Å². The van der Waals surface area contributed by atoms with Crippen molar-refractivity contribution in [2.45, 2.75) is 19.3 Å². The molecular formula is C9H18N2O3. The highest BCUT2D eigenvalue weighted by Crippen LogP contribution is 2.48. The fourth-order valence-electron chi connectivity index (χ4n) is 1.40. The average Bonchev–Trinajstić information content (AvgIpc) is 2.93. The Balaban J connectivity index is 2.16. The fraction of sp³-hybridized carbons (Fsp3) is 0.889. The Kier molecular flexibility index (Phi) is 4.16. The van der Waals surface area contributed by atoms with Crippen molar-refractivity contribution in [1.29, 1.82) is 0 Å². The molecule has 0 amide bonds. The van der Waals surface area contributed by atoms with Gasteiger partial charge in [0.1, 0.15) is 5.84 Å². The van der Waals surface area contributed by atoms with E-state index >= 15 is 0 Å². The van der Waals surface area contributed by atoms with Crippen LogP contribution in [0.15, 0.2) is 5.16 Å². The molecule has 1 aliphatic rings. The second kappa shape index (κ2) is 5.17. The van der Waals surface area contributed by atoms with Gasteiger partial charge in [0, 0.05) is 18.9 Å². The van der Waals surface area contributed by atoms with E-state index in [0.29, 0.717) is 26.2 Å². The highest BCUT2D eigenvalue weighted by molar-refractivity contribution is 5.80. The maximum absolute atomic E-state index is 8.44. The van der Waals surface area contributed by atoms with Crippen molar-refractivity contribution >= 4 is 5.84 Å². The normalized spacial score (nSPS) is 19.6. The van der Waals surface area contributed by atoms with E-state index in [-0.39, 0.29) is 11.3 Å². The first-order valence-corrected chi connectivity index (χ1v) is 4.75. The molecule has 0 bridgehead atoms. The highest BCUT2D eigenvalue weighted by atomic mass is 16.5. The van der Waals surface area contributed by atoms with Crippen LogP contribution in [0.5, 0.6) is 0 Å². The summed E-state index contributed by atoms with van der Waals surface area (Å²) < 4.78 is 10.3. The van der Waals surface area contributed by atoms with Crippen molar-refractivity contribution in [2.24, 2.45) is 16.3 Å². The molecule has 0 atom stereocenters. The van der Waals surface area contributed by atoms with E-state index in [9.17, 15) is 0 Å². The lowest BCUT2D eigenvalue weighted by molar-refractivity contribution is 0.0468. The Hall–Kier alpha value is -0.810. The molecule has 3 N–H and O–H groups in total. The second-order valence-corrected chi connectivity index (χ2v) is 3.81. The summed E-state index contributed by atoms with van der Waals surface area (Å²) in [5.41, 5.74) is 5.58. The van der Waals surface area contributed by atoms with E-state index in [1.54, 1.807) is 7.11 Å². The third kappa shape index (κ3) is 3.51. The quantitative estimate of drug-likeness (QED) is 0.208. The molecule has 0 aromatic carbocycles. The molecule has 0 aliphatic heterocycles. The van der Waals surface area contributed by atoms with Gasteiger partial charge in [-0.1, -0.05) is 5.16 Å². The van der Waals surface area contributed by atoms with Gasteiger partial charge in [0.15, 0.2) is 0 Å². The van der Waals surface area contributed by atoms with Crippen LogP contribution in [0.2, 0.25) is 0 Å². The van der Waals surface area contributed by atoms with Gasteiger partial charge in [0.2, 0.25) is 0 Å². The summed E-state index contributed by atoms with van der Waals surface area (Å²) in [5, 5.41) is 11.4. The molecule has 5 nitrogen and oxygen atoms in total. The minimum atomic E-state index is 0.129. The number of methoxy groups -OCH3 is 1. The summed E-state index contributed by atoms with van der Waals surface area (Å²) in [6.45, 7) is 1.89. The van der Waals surface area contributed by atoms with Crippen LogP contribution >= 0.6 is 0 Å². The minimum absolute atomic E-state index is 0.129. The fourth-order valence-corrected chi connectivity index (χ4v) is 1.40. The van der Waals surface area contributed by atoms with Crippen molar-refractivity contribution in [3.8, 4) is 0 Å². The Morgan fingerprint density at radius 3 is 2.71 bits per heavy atom. The van der Waals surface area contributed by atoms with Gasteiger partial charge in [-0.25, -0.2) is 0 Å². The number of hydrogen-bond donors (Lipinski definition) is 2. The third-order valence-corrected chi connectivity index (χ3v) is 2.48. The van der Waals surface area contributed by atoms with Gasteiger partial charge in [-0.2, -0.15) is 0 Å². The maximum Gasteiger partial charge on any atom is 0.139 e. The molecule has 0 aromatic rings. The third-order valence-electron chi connectivity index (χ3n) is 2.48. The molecule has 0 radical (unpaired) electrons. The first-order valence-electron chi connectivity index (χ1n) is 4.75. The number of rotatable bonds is 7. The molecule has 5 heteroatoms. The lowest BCUT2D eigenvalue weighted by Crippen LogP contribution is -2.22. The lowest BCUT2D eigenvalue weighted by Gasteiger charge is -2.13. The van der Waals surface area contributed by atoms with Gasteiger partial charge in [-0.05, 0) is 12.8 Å². The molecule has 14 heavy (non-hydrogen) atoms. The number of nitrogens with zero attached hydrogens (tertiary/aromatic N) is 1. The summed E-state index contributed by atoms with van der Waals surface area (Å²) in [6, 6.07) is 0. The summed E-state index contributed by atoms with van der Waals surface area (Å²) >= 11 is 0. The van der Waals surface area contributed by atoms with Crippen LogP contribution in [0.4, 0.5) is 0 Å². The first kappa shape index (κ1) is 11.3. The molecule has 0 heterocycles. The molecule has 1 saturated carbocycles. The standard InChI is InChI=1S/C9H18N2O3/c1-13-4-5-14-7-9(2-3-9)6-8(10)11-12/h12H,2-7H2,1H3,(H2,10,11). The SMILES string of the molecule is COCCOCC1(CC(N)=NO)CC1. The van der Waals surface area contributed by atoms with Crippen molar-refractivity contribution < 1.29 is 14.7 Å². The highest BCUT2D eigenvalue weighted by Gasteiger charge is 2.43. The lowest BCUT2D eigenvalue weighted by atomic mass is 10.0. The Labute approximate surface area is 83.9 Å². The first-order chi connectivity index (χ1) is 6.72. The summed E-state index contributed by atoms with van der Waals surface area (Å²) in [4.78, 5) is 0. The number of ether oxygens (including phenoxy) is 2. The van der Waals surface area contributed by atoms with Crippen LogP contribution in [0.25, 0.3) is 0 Å². The smallest absolute Gasteiger partial charge is 0.139 e. The largest absolute Gasteiger partial charge is 0.409 e. The summed E-state index contributed by atoms with van der Waals surface area (Å²) in [7, 11) is 1.65. The molecule has 0 spiro atoms. The van der Waals surface area contributed by atoms with Crippen LogP contribution in [0.1, 0.15) is 19.3 Å². The number of hydrogen-bond acceptors (Lipinski definition) is 4. The number of oxime groups is 1. The van der Waals surface area contributed by atoms with E-state index < -0.39 is 0 Å². The average molecular weight is 202 g/mol. The van der Waals surface area contributed by atoms with Gasteiger partial charge in [0.25, 0.3) is 0 Å². The van der Waals surface area contributed by atoms with E-state index in [4.69, 9.17) is 20.4 Å². The van der Waals surface area contributed by atoms with Crippen LogP contribution in [-0.4, -0.2) is 38.0 Å². The minimum Gasteiger partial charge on any atom is -0.409 e. The van der Waals surface area contributed by atoms with Crippen LogP contribution in [0, 0.1) is 5.41 Å². The maximum atomic E-state index is 8.44. The van der Waals surface area contributed by atoms with E-state index in [2.05, 4.69) is 5.16 Å². The van der Waals surface area contributed by atoms with E-state index in [1.165, 1.54) is 0 Å². The molecule has 0 aromatic heterocycles. The van der Waals surface area contributed by atoms with Crippen molar-refractivity contribution in [3.05, 3.63) is 0 Å². The van der Waals surface area contributed by atoms with E-state index in [0.717, 1.165) is 12.8 Å². The molecule has 1 rings (SSSR count). The zero-order valence-electron chi connectivity index (χ0n) is 8.53. The zero-order valence-corrected chi connectivity index (χ0v) is 8.53. The second-order valence-electron chi connectivity index (χ2n) is 3.81. The van der Waals surface area contributed by atoms with Gasteiger partial charge in [-0.3, -0.25) is 0 Å². The molecule has 1 fully saturated rings. The van der Waals surface area contributed by atoms with Gasteiger partial charge < -0.3 is 20.4 Å². The number of nitrogens with two attached hydrogens (primary N) is 1. The predicted molar refractivity (Wildman–Crippen MR) is 52.4 cm³/mol. The monoisotopic (exact) mass is 202 g/mol. The van der Waals surface area contributed by atoms with Gasteiger partial charge in [-0.15, -0.1) is 0 Å². The van der Waals surface area contributed by atoms with Crippen molar-refractivity contribution in [3.63, 3.8) is 0 Å². The molecule has 82 valence electrons. The Morgan fingerprint density at radius 2 is 2.21 bits per heavy atom. The topological polar surface area (TPSA) is 77.1 Å².